The number of aryl methyl sites for hydroxylation is 1. The van der Waals surface area contributed by atoms with Crippen LogP contribution in [0, 0.1) is 0 Å². The molecule has 0 aliphatic rings. The average Bonchev–Trinajstić information content (AvgIpc) is 2.16. The molecule has 0 bridgehead atoms. The zero-order chi connectivity index (χ0) is 8.97. The Balaban J connectivity index is 2.96. The maximum absolute atomic E-state index is 12.1. The zero-order valence-electron chi connectivity index (χ0n) is 7.13. The number of halogens is 1. The number of hydrogen-bond donors (Lipinski definition) is 1. The number of aliphatic hydroxyl groups is 1. The third-order valence-electron chi connectivity index (χ3n) is 1.94. The summed E-state index contributed by atoms with van der Waals surface area (Å²) in [5, 5.41) is 9.27. The molecule has 0 saturated heterocycles. The summed E-state index contributed by atoms with van der Waals surface area (Å²) >= 11 is 0. The Morgan fingerprint density at radius 3 is 2.67 bits per heavy atom. The Morgan fingerprint density at radius 2 is 2.08 bits per heavy atom. The van der Waals surface area contributed by atoms with E-state index in [4.69, 9.17) is 0 Å². The van der Waals surface area contributed by atoms with Gasteiger partial charge < -0.3 is 5.11 Å². The van der Waals surface area contributed by atoms with Gasteiger partial charge in [-0.25, -0.2) is 4.39 Å². The fraction of sp³-hybridized carbons (Fsp3) is 0.400. The van der Waals surface area contributed by atoms with Gasteiger partial charge in [0.1, 0.15) is 12.8 Å². The molecule has 0 saturated carbocycles. The fourth-order valence-electron chi connectivity index (χ4n) is 1.26. The van der Waals surface area contributed by atoms with Crippen LogP contribution in [0.25, 0.3) is 0 Å². The van der Waals surface area contributed by atoms with E-state index in [-0.39, 0.29) is 0 Å². The summed E-state index contributed by atoms with van der Waals surface area (Å²) in [6, 6.07) is 7.39. The van der Waals surface area contributed by atoms with Crippen molar-refractivity contribution >= 4 is 0 Å². The summed E-state index contributed by atoms with van der Waals surface area (Å²) in [7, 11) is 0. The maximum Gasteiger partial charge on any atom is 0.119 e. The van der Waals surface area contributed by atoms with Crippen LogP contribution in [0.2, 0.25) is 0 Å². The molecule has 1 aromatic carbocycles. The Bertz CT molecular complexity index is 247. The van der Waals surface area contributed by atoms with Crippen molar-refractivity contribution in [3.8, 4) is 0 Å². The van der Waals surface area contributed by atoms with Crippen molar-refractivity contribution < 1.29 is 9.50 Å². The lowest BCUT2D eigenvalue weighted by Crippen LogP contribution is -2.02. The second-order valence-corrected chi connectivity index (χ2v) is 2.72. The molecule has 1 nitrogen and oxygen atoms in total. The summed E-state index contributed by atoms with van der Waals surface area (Å²) in [5.41, 5.74) is 1.73. The van der Waals surface area contributed by atoms with Crippen LogP contribution in [-0.4, -0.2) is 11.8 Å². The van der Waals surface area contributed by atoms with Gasteiger partial charge in [-0.3, -0.25) is 0 Å². The van der Waals surface area contributed by atoms with E-state index in [0.717, 1.165) is 12.0 Å². The molecule has 2 heteroatoms. The van der Waals surface area contributed by atoms with Crippen molar-refractivity contribution in [1.82, 2.24) is 0 Å². The average molecular weight is 168 g/mol. The predicted octanol–water partition coefficient (Wildman–Crippen LogP) is 2.25. The normalized spacial score (nSPS) is 12.9. The molecular weight excluding hydrogens is 155 g/mol. The molecule has 1 unspecified atom stereocenters. The van der Waals surface area contributed by atoms with Crippen molar-refractivity contribution in [1.29, 1.82) is 0 Å². The minimum atomic E-state index is -0.957. The van der Waals surface area contributed by atoms with Gasteiger partial charge in [0, 0.05) is 0 Å². The minimum Gasteiger partial charge on any atom is -0.386 e. The van der Waals surface area contributed by atoms with Crippen molar-refractivity contribution in [2.24, 2.45) is 0 Å². The van der Waals surface area contributed by atoms with Crippen molar-refractivity contribution in [2.75, 3.05) is 6.67 Å². The van der Waals surface area contributed by atoms with Crippen LogP contribution >= 0.6 is 0 Å². The molecule has 0 radical (unpaired) electrons. The molecule has 0 amide bonds. The SMILES string of the molecule is CCc1ccccc1C(O)CF. The lowest BCUT2D eigenvalue weighted by molar-refractivity contribution is 0.141. The Labute approximate surface area is 71.9 Å². The van der Waals surface area contributed by atoms with Crippen LogP contribution in [0.15, 0.2) is 24.3 Å². The quantitative estimate of drug-likeness (QED) is 0.734. The van der Waals surface area contributed by atoms with Gasteiger partial charge in [0.25, 0.3) is 0 Å². The second kappa shape index (κ2) is 4.21. The first-order valence-electron chi connectivity index (χ1n) is 4.11. The molecule has 1 N–H and O–H groups in total. The summed E-state index contributed by atoms with van der Waals surface area (Å²) in [6.45, 7) is 1.28. The molecule has 1 aromatic rings. The van der Waals surface area contributed by atoms with Crippen molar-refractivity contribution in [3.63, 3.8) is 0 Å². The van der Waals surface area contributed by atoms with Gasteiger partial charge in [-0.2, -0.15) is 0 Å². The number of rotatable bonds is 3. The zero-order valence-corrected chi connectivity index (χ0v) is 7.13. The van der Waals surface area contributed by atoms with E-state index in [2.05, 4.69) is 0 Å². The monoisotopic (exact) mass is 168 g/mol. The van der Waals surface area contributed by atoms with E-state index < -0.39 is 12.8 Å². The maximum atomic E-state index is 12.1. The summed E-state index contributed by atoms with van der Waals surface area (Å²) < 4.78 is 12.1. The van der Waals surface area contributed by atoms with E-state index >= 15 is 0 Å². The first kappa shape index (κ1) is 9.20. The van der Waals surface area contributed by atoms with Crippen LogP contribution in [0.4, 0.5) is 4.39 Å². The highest BCUT2D eigenvalue weighted by Gasteiger charge is 2.09. The van der Waals surface area contributed by atoms with E-state index in [1.165, 1.54) is 0 Å². The summed E-state index contributed by atoms with van der Waals surface area (Å²) in [4.78, 5) is 0. The first-order valence-corrected chi connectivity index (χ1v) is 4.11. The molecule has 0 spiro atoms. The van der Waals surface area contributed by atoms with Crippen molar-refractivity contribution in [2.45, 2.75) is 19.4 Å². The smallest absolute Gasteiger partial charge is 0.119 e. The lowest BCUT2D eigenvalue weighted by atomic mass is 10.0. The molecule has 0 aromatic heterocycles. The molecule has 0 heterocycles. The third kappa shape index (κ3) is 1.83. The van der Waals surface area contributed by atoms with Gasteiger partial charge in [-0.1, -0.05) is 31.2 Å². The minimum absolute atomic E-state index is 0.711. The fourth-order valence-corrected chi connectivity index (χ4v) is 1.26. The molecule has 0 aliphatic carbocycles. The van der Waals surface area contributed by atoms with E-state index in [0.29, 0.717) is 5.56 Å². The molecular formula is C10H13FO. The van der Waals surface area contributed by atoms with Crippen molar-refractivity contribution in [3.05, 3.63) is 35.4 Å². The van der Waals surface area contributed by atoms with Gasteiger partial charge in [0.2, 0.25) is 0 Å². The largest absolute Gasteiger partial charge is 0.386 e. The number of aliphatic hydroxyl groups excluding tert-OH is 1. The van der Waals surface area contributed by atoms with E-state index in [1.807, 2.05) is 25.1 Å². The van der Waals surface area contributed by atoms with Crippen LogP contribution in [0.3, 0.4) is 0 Å². The Morgan fingerprint density at radius 1 is 1.42 bits per heavy atom. The standard InChI is InChI=1S/C10H13FO/c1-2-8-5-3-4-6-9(8)10(12)7-11/h3-6,10,12H,2,7H2,1H3. The van der Waals surface area contributed by atoms with Gasteiger partial charge in [0.15, 0.2) is 0 Å². The molecule has 0 aliphatic heterocycles. The van der Waals surface area contributed by atoms with Gasteiger partial charge >= 0.3 is 0 Å². The van der Waals surface area contributed by atoms with E-state index in [9.17, 15) is 9.50 Å². The van der Waals surface area contributed by atoms with E-state index in [1.54, 1.807) is 6.07 Å². The topological polar surface area (TPSA) is 20.2 Å². The summed E-state index contributed by atoms with van der Waals surface area (Å²) in [5.74, 6) is 0. The Hall–Kier alpha value is -0.890. The third-order valence-corrected chi connectivity index (χ3v) is 1.94. The molecule has 1 rings (SSSR count). The van der Waals surface area contributed by atoms with Crippen LogP contribution in [0.1, 0.15) is 24.2 Å². The molecule has 0 fully saturated rings. The summed E-state index contributed by atoms with van der Waals surface area (Å²) in [6.07, 6.45) is -0.131. The van der Waals surface area contributed by atoms with Gasteiger partial charge in [-0.15, -0.1) is 0 Å². The lowest BCUT2D eigenvalue weighted by Gasteiger charge is -2.10. The number of alkyl halides is 1. The van der Waals surface area contributed by atoms with Crippen LogP contribution in [0.5, 0.6) is 0 Å². The predicted molar refractivity (Wildman–Crippen MR) is 46.8 cm³/mol. The molecule has 12 heavy (non-hydrogen) atoms. The van der Waals surface area contributed by atoms with Gasteiger partial charge in [-0.05, 0) is 17.5 Å². The highest BCUT2D eigenvalue weighted by Crippen LogP contribution is 2.18. The van der Waals surface area contributed by atoms with Crippen LogP contribution in [-0.2, 0) is 6.42 Å². The van der Waals surface area contributed by atoms with Crippen LogP contribution < -0.4 is 0 Å². The molecule has 66 valence electrons. The highest BCUT2D eigenvalue weighted by atomic mass is 19.1. The number of hydrogen-bond acceptors (Lipinski definition) is 1. The number of benzene rings is 1. The first-order chi connectivity index (χ1) is 5.79. The highest BCUT2D eigenvalue weighted by molar-refractivity contribution is 5.28. The molecule has 1 atom stereocenters. The van der Waals surface area contributed by atoms with Gasteiger partial charge in [0.05, 0.1) is 0 Å². The Kier molecular flexibility index (Phi) is 3.23. The second-order valence-electron chi connectivity index (χ2n) is 2.72.